The van der Waals surface area contributed by atoms with Crippen molar-refractivity contribution in [2.24, 2.45) is 0 Å². The first kappa shape index (κ1) is 23.6. The largest absolute Gasteiger partial charge is 0.282 e. The van der Waals surface area contributed by atoms with Crippen molar-refractivity contribution in [2.75, 3.05) is 0 Å². The topological polar surface area (TPSA) is 34.1 Å². The third-order valence-electron chi connectivity index (χ3n) is 3.16. The van der Waals surface area contributed by atoms with E-state index in [1.165, 1.54) is 0 Å². The maximum atomic E-state index is 10.6. The zero-order valence-corrected chi connectivity index (χ0v) is 17.7. The molecule has 0 aliphatic carbocycles. The van der Waals surface area contributed by atoms with Gasteiger partial charge in [0.05, 0.1) is 0 Å². The molecule has 0 heterocycles. The molecule has 2 nitrogen and oxygen atoms in total. The molecule has 3 rings (SSSR count). The molecular weight excluding hydrogens is 408 g/mol. The summed E-state index contributed by atoms with van der Waals surface area (Å²) in [4.78, 5) is 21.1. The summed E-state index contributed by atoms with van der Waals surface area (Å²) in [6.07, 6.45) is 0. The van der Waals surface area contributed by atoms with Crippen LogP contribution in [-0.4, -0.2) is 10.2 Å². The minimum Gasteiger partial charge on any atom is -0.282 e. The predicted molar refractivity (Wildman–Crippen MR) is 124 cm³/mol. The summed E-state index contributed by atoms with van der Waals surface area (Å²) in [6, 6.07) is 25.5. The summed E-state index contributed by atoms with van der Waals surface area (Å²) < 4.78 is 0. The van der Waals surface area contributed by atoms with Crippen molar-refractivity contribution >= 4 is 47.1 Å². The van der Waals surface area contributed by atoms with Crippen molar-refractivity contribution in [3.8, 4) is 11.8 Å². The van der Waals surface area contributed by atoms with Crippen LogP contribution in [0.3, 0.4) is 0 Å². The van der Waals surface area contributed by atoms with Crippen molar-refractivity contribution < 1.29 is 9.59 Å². The van der Waals surface area contributed by atoms with Gasteiger partial charge in [0.15, 0.2) is 0 Å². The van der Waals surface area contributed by atoms with Crippen LogP contribution in [0.5, 0.6) is 0 Å². The number of hydrogen-bond donors (Lipinski definition) is 2. The van der Waals surface area contributed by atoms with Gasteiger partial charge in [-0.25, -0.2) is 0 Å². The van der Waals surface area contributed by atoms with Gasteiger partial charge in [0, 0.05) is 21.7 Å². The zero-order chi connectivity index (χ0) is 20.8. The van der Waals surface area contributed by atoms with Gasteiger partial charge < -0.3 is 0 Å². The van der Waals surface area contributed by atoms with Gasteiger partial charge in [0.1, 0.15) is 0 Å². The molecule has 3 aromatic carbocycles. The minimum absolute atomic E-state index is 0.185. The van der Waals surface area contributed by atoms with E-state index >= 15 is 0 Å². The van der Waals surface area contributed by atoms with Crippen molar-refractivity contribution in [3.05, 3.63) is 107 Å². The van der Waals surface area contributed by atoms with Crippen molar-refractivity contribution in [2.45, 2.75) is 6.92 Å². The van der Waals surface area contributed by atoms with Crippen molar-refractivity contribution in [1.82, 2.24) is 0 Å². The second-order valence-corrected chi connectivity index (χ2v) is 6.47. The Balaban J connectivity index is 0.000000210. The lowest BCUT2D eigenvalue weighted by Gasteiger charge is -1.91. The maximum Gasteiger partial charge on any atom is 0.216 e. The first-order valence-corrected chi connectivity index (χ1v) is 9.46. The molecule has 0 fully saturated rings. The van der Waals surface area contributed by atoms with Gasteiger partial charge in [-0.1, -0.05) is 66.1 Å². The van der Waals surface area contributed by atoms with Crippen LogP contribution in [0.4, 0.5) is 0 Å². The summed E-state index contributed by atoms with van der Waals surface area (Å²) in [5.74, 6) is 5.79. The fourth-order valence-electron chi connectivity index (χ4n) is 1.84. The second kappa shape index (κ2) is 13.7. The van der Waals surface area contributed by atoms with E-state index < -0.39 is 0 Å². The molecule has 5 heteroatoms. The van der Waals surface area contributed by atoms with E-state index in [2.05, 4.69) is 37.1 Å². The maximum absolute atomic E-state index is 10.6. The fraction of sp³-hybridized carbons (Fsp3) is 0.0435. The highest BCUT2D eigenvalue weighted by Crippen LogP contribution is 2.10. The van der Waals surface area contributed by atoms with E-state index in [1.807, 2.05) is 55.5 Å². The van der Waals surface area contributed by atoms with E-state index in [-0.39, 0.29) is 10.2 Å². The molecule has 0 aromatic heterocycles. The van der Waals surface area contributed by atoms with Gasteiger partial charge in [-0.15, -0.1) is 31.2 Å². The molecule has 142 valence electrons. The van der Waals surface area contributed by atoms with E-state index in [4.69, 9.17) is 11.6 Å². The number of rotatable bonds is 2. The lowest BCUT2D eigenvalue weighted by atomic mass is 10.2. The van der Waals surface area contributed by atoms with Crippen LogP contribution < -0.4 is 0 Å². The molecule has 0 radical (unpaired) electrons. The van der Waals surface area contributed by atoms with Gasteiger partial charge >= 0.3 is 0 Å². The van der Waals surface area contributed by atoms with Crippen molar-refractivity contribution in [3.63, 3.8) is 0 Å². The summed E-state index contributed by atoms with van der Waals surface area (Å²) in [5.41, 5.74) is 2.29. The molecular formula is C23H19ClO2S2. The number of benzene rings is 3. The molecule has 0 amide bonds. The first-order valence-electron chi connectivity index (χ1n) is 8.19. The molecule has 0 saturated heterocycles. The number of thiol groups is 2. The average molecular weight is 427 g/mol. The standard InChI is InChI=1S/C9H8.C7H5ClOS.C7H6OS/c1-2-6-9-7-4-3-5-8-9;8-6-3-1-5(2-4-6)7(9)10;8-7(9)6-4-2-1-3-5-6/h3-5,7-8H,1H3;1-4H,(H,9,10);1-5H,(H,8,9). The van der Waals surface area contributed by atoms with Crippen LogP contribution in [0, 0.1) is 11.8 Å². The van der Waals surface area contributed by atoms with E-state index in [9.17, 15) is 9.59 Å². The SMILES string of the molecule is CC#Cc1ccccc1.O=C(S)c1ccc(Cl)cc1.O=C(S)c1ccccc1. The highest BCUT2D eigenvalue weighted by molar-refractivity contribution is 7.97. The highest BCUT2D eigenvalue weighted by Gasteiger charge is 1.97. The van der Waals surface area contributed by atoms with E-state index in [0.717, 1.165) is 5.56 Å². The first-order chi connectivity index (χ1) is 13.4. The predicted octanol–water partition coefficient (Wildman–Crippen LogP) is 6.22. The lowest BCUT2D eigenvalue weighted by Crippen LogP contribution is -1.85. The Labute approximate surface area is 181 Å². The van der Waals surface area contributed by atoms with Crippen LogP contribution in [0.15, 0.2) is 84.9 Å². The molecule has 0 atom stereocenters. The van der Waals surface area contributed by atoms with Crippen molar-refractivity contribution in [1.29, 1.82) is 0 Å². The summed E-state index contributed by atoms with van der Waals surface area (Å²) >= 11 is 12.9. The quantitative estimate of drug-likeness (QED) is 0.376. The Hall–Kier alpha value is -2.45. The normalized spacial score (nSPS) is 8.71. The molecule has 0 saturated carbocycles. The number of halogens is 1. The Bertz CT molecular complexity index is 929. The van der Waals surface area contributed by atoms with Crippen LogP contribution in [-0.2, 0) is 0 Å². The third-order valence-corrected chi connectivity index (χ3v) is 3.92. The molecule has 0 spiro atoms. The second-order valence-electron chi connectivity index (χ2n) is 5.22. The molecule has 28 heavy (non-hydrogen) atoms. The minimum atomic E-state index is -0.239. The molecule has 0 aliphatic rings. The number of carbonyl (C=O) groups is 2. The Morgan fingerprint density at radius 3 is 1.54 bits per heavy atom. The van der Waals surface area contributed by atoms with E-state index in [0.29, 0.717) is 16.1 Å². The van der Waals surface area contributed by atoms with Gasteiger partial charge in [0.25, 0.3) is 0 Å². The summed E-state index contributed by atoms with van der Waals surface area (Å²) in [6.45, 7) is 1.84. The van der Waals surface area contributed by atoms with Crippen LogP contribution in [0.25, 0.3) is 0 Å². The van der Waals surface area contributed by atoms with Crippen LogP contribution in [0.1, 0.15) is 33.2 Å². The summed E-state index contributed by atoms with van der Waals surface area (Å²) in [5, 5.41) is 0.200. The Morgan fingerprint density at radius 1 is 0.714 bits per heavy atom. The van der Waals surface area contributed by atoms with Gasteiger partial charge in [-0.05, 0) is 43.3 Å². The lowest BCUT2D eigenvalue weighted by molar-refractivity contribution is 0.108. The van der Waals surface area contributed by atoms with Gasteiger partial charge in [-0.2, -0.15) is 0 Å². The molecule has 3 aromatic rings. The highest BCUT2D eigenvalue weighted by atomic mass is 35.5. The van der Waals surface area contributed by atoms with Gasteiger partial charge in [-0.3, -0.25) is 9.59 Å². The van der Waals surface area contributed by atoms with Crippen LogP contribution in [0.2, 0.25) is 5.02 Å². The molecule has 0 N–H and O–H groups in total. The molecule has 0 aliphatic heterocycles. The summed E-state index contributed by atoms with van der Waals surface area (Å²) in [7, 11) is 0. The number of hydrogen-bond acceptors (Lipinski definition) is 2. The molecule has 0 bridgehead atoms. The Morgan fingerprint density at radius 2 is 1.14 bits per heavy atom. The van der Waals surface area contributed by atoms with E-state index in [1.54, 1.807) is 36.4 Å². The number of carbonyl (C=O) groups excluding carboxylic acids is 2. The smallest absolute Gasteiger partial charge is 0.216 e. The zero-order valence-electron chi connectivity index (χ0n) is 15.2. The third kappa shape index (κ3) is 10.0. The van der Waals surface area contributed by atoms with Crippen LogP contribution >= 0.6 is 36.9 Å². The fourth-order valence-corrected chi connectivity index (χ4v) is 2.26. The monoisotopic (exact) mass is 426 g/mol. The Kier molecular flexibility index (Phi) is 11.5. The average Bonchev–Trinajstić information content (AvgIpc) is 2.71. The molecule has 0 unspecified atom stereocenters. The van der Waals surface area contributed by atoms with Gasteiger partial charge in [0.2, 0.25) is 10.2 Å².